The summed E-state index contributed by atoms with van der Waals surface area (Å²) in [5, 5.41) is 9.88. The van der Waals surface area contributed by atoms with Crippen molar-refractivity contribution in [1.82, 2.24) is 9.80 Å². The van der Waals surface area contributed by atoms with E-state index < -0.39 is 23.1 Å². The average molecular weight is 346 g/mol. The number of ether oxygens (including phenoxy) is 1. The maximum atomic E-state index is 12.3. The molecule has 0 aromatic heterocycles. The highest BCUT2D eigenvalue weighted by molar-refractivity contribution is 5.79. The van der Waals surface area contributed by atoms with Gasteiger partial charge in [-0.25, -0.2) is 4.79 Å². The zero-order chi connectivity index (χ0) is 18.2. The van der Waals surface area contributed by atoms with Crippen molar-refractivity contribution in [2.24, 2.45) is 11.3 Å². The monoisotopic (exact) mass is 346 g/mol. The highest BCUT2D eigenvalue weighted by atomic mass is 16.6. The quantitative estimate of drug-likeness (QED) is 0.910. The molecule has 0 radical (unpaired) electrons. The van der Waals surface area contributed by atoms with Gasteiger partial charge in [0.05, 0.1) is 0 Å². The fourth-order valence-corrected chi connectivity index (χ4v) is 3.90. The molecule has 0 unspecified atom stereocenters. The summed E-state index contributed by atoms with van der Waals surface area (Å²) in [7, 11) is 0. The van der Waals surface area contributed by atoms with Gasteiger partial charge >= 0.3 is 12.1 Å². The smallest absolute Gasteiger partial charge is 0.410 e. The van der Waals surface area contributed by atoms with Crippen molar-refractivity contribution in [3.8, 4) is 0 Å². The van der Waals surface area contributed by atoms with Crippen LogP contribution in [0.1, 0.15) is 26.3 Å². The molecule has 1 aromatic carbocycles. The second-order valence-electron chi connectivity index (χ2n) is 8.17. The predicted molar refractivity (Wildman–Crippen MR) is 93.1 cm³/mol. The van der Waals surface area contributed by atoms with Crippen LogP contribution in [0.15, 0.2) is 30.3 Å². The van der Waals surface area contributed by atoms with Crippen LogP contribution in [0.25, 0.3) is 0 Å². The van der Waals surface area contributed by atoms with Gasteiger partial charge in [-0.05, 0) is 26.3 Å². The first kappa shape index (κ1) is 17.7. The lowest BCUT2D eigenvalue weighted by Gasteiger charge is -2.27. The van der Waals surface area contributed by atoms with Crippen LogP contribution in [0.4, 0.5) is 4.79 Å². The fourth-order valence-electron chi connectivity index (χ4n) is 3.90. The van der Waals surface area contributed by atoms with Crippen molar-refractivity contribution in [3.63, 3.8) is 0 Å². The lowest BCUT2D eigenvalue weighted by molar-refractivity contribution is -0.148. The molecular weight excluding hydrogens is 320 g/mol. The van der Waals surface area contributed by atoms with Gasteiger partial charge in [0.25, 0.3) is 0 Å². The van der Waals surface area contributed by atoms with Gasteiger partial charge in [-0.15, -0.1) is 0 Å². The molecule has 0 aliphatic carbocycles. The molecule has 1 aromatic rings. The summed E-state index contributed by atoms with van der Waals surface area (Å²) in [6.45, 7) is 7.98. The number of likely N-dealkylation sites (tertiary alicyclic amines) is 2. The lowest BCUT2D eigenvalue weighted by atomic mass is 9.81. The van der Waals surface area contributed by atoms with E-state index in [0.29, 0.717) is 19.6 Å². The molecule has 2 aliphatic rings. The summed E-state index contributed by atoms with van der Waals surface area (Å²) in [6.07, 6.45) is -0.419. The van der Waals surface area contributed by atoms with Crippen molar-refractivity contribution in [2.45, 2.75) is 32.9 Å². The summed E-state index contributed by atoms with van der Waals surface area (Å²) >= 11 is 0. The number of rotatable bonds is 3. The summed E-state index contributed by atoms with van der Waals surface area (Å²) in [6, 6.07) is 10.1. The molecule has 0 spiro atoms. The third-order valence-corrected chi connectivity index (χ3v) is 5.01. The van der Waals surface area contributed by atoms with Crippen molar-refractivity contribution < 1.29 is 19.4 Å². The molecule has 2 heterocycles. The summed E-state index contributed by atoms with van der Waals surface area (Å²) in [5.41, 5.74) is -0.303. The number of nitrogens with zero attached hydrogens (tertiary/aromatic N) is 2. The van der Waals surface area contributed by atoms with E-state index in [4.69, 9.17) is 4.74 Å². The fraction of sp³-hybridized carbons (Fsp3) is 0.579. The summed E-state index contributed by atoms with van der Waals surface area (Å²) < 4.78 is 5.41. The molecule has 25 heavy (non-hydrogen) atoms. The number of aliphatic carboxylic acids is 1. The van der Waals surface area contributed by atoms with Crippen LogP contribution in [0.2, 0.25) is 0 Å². The largest absolute Gasteiger partial charge is 0.481 e. The number of carboxylic acids is 1. The van der Waals surface area contributed by atoms with Crippen molar-refractivity contribution >= 4 is 12.1 Å². The minimum Gasteiger partial charge on any atom is -0.481 e. The molecule has 2 aliphatic heterocycles. The molecular formula is C19H26N2O4. The number of benzene rings is 1. The second-order valence-corrected chi connectivity index (χ2v) is 8.17. The lowest BCUT2D eigenvalue weighted by Crippen LogP contribution is -2.43. The molecule has 1 amide bonds. The maximum absolute atomic E-state index is 12.3. The molecule has 2 saturated heterocycles. The van der Waals surface area contributed by atoms with Gasteiger partial charge < -0.3 is 14.7 Å². The molecule has 0 saturated carbocycles. The Hall–Kier alpha value is -2.08. The number of hydrogen-bond donors (Lipinski definition) is 1. The zero-order valence-electron chi connectivity index (χ0n) is 15.1. The van der Waals surface area contributed by atoms with E-state index in [1.54, 1.807) is 4.90 Å². The first-order valence-electron chi connectivity index (χ1n) is 8.67. The van der Waals surface area contributed by atoms with Crippen LogP contribution in [-0.4, -0.2) is 58.7 Å². The summed E-state index contributed by atoms with van der Waals surface area (Å²) in [4.78, 5) is 28.1. The van der Waals surface area contributed by atoms with Crippen LogP contribution in [-0.2, 0) is 16.1 Å². The minimum absolute atomic E-state index is 0.0683. The normalized spacial score (nSPS) is 26.5. The summed E-state index contributed by atoms with van der Waals surface area (Å²) in [5.74, 6) is -0.889. The third kappa shape index (κ3) is 3.63. The predicted octanol–water partition coefficient (Wildman–Crippen LogP) is 2.44. The van der Waals surface area contributed by atoms with Gasteiger partial charge in [0.2, 0.25) is 0 Å². The van der Waals surface area contributed by atoms with E-state index in [9.17, 15) is 14.7 Å². The Bertz CT molecular complexity index is 655. The highest BCUT2D eigenvalue weighted by Crippen LogP contribution is 2.43. The van der Waals surface area contributed by atoms with Gasteiger partial charge in [0.15, 0.2) is 0 Å². The van der Waals surface area contributed by atoms with Crippen molar-refractivity contribution in [3.05, 3.63) is 35.9 Å². The SMILES string of the molecule is CC(C)(C)OC(=O)N1C[C@@H]2CN(Cc3ccccc3)C[C@@]2(C(=O)O)C1. The van der Waals surface area contributed by atoms with Gasteiger partial charge in [-0.1, -0.05) is 30.3 Å². The van der Waals surface area contributed by atoms with E-state index in [1.807, 2.05) is 39.0 Å². The van der Waals surface area contributed by atoms with Gasteiger partial charge in [-0.2, -0.15) is 0 Å². The number of amides is 1. The van der Waals surface area contributed by atoms with E-state index in [1.165, 1.54) is 5.56 Å². The molecule has 2 atom stereocenters. The minimum atomic E-state index is -0.897. The van der Waals surface area contributed by atoms with Crippen LogP contribution >= 0.6 is 0 Å². The van der Waals surface area contributed by atoms with Crippen molar-refractivity contribution in [1.29, 1.82) is 0 Å². The van der Waals surface area contributed by atoms with E-state index in [-0.39, 0.29) is 12.5 Å². The number of carbonyl (C=O) groups excluding carboxylic acids is 1. The average Bonchev–Trinajstić information content (AvgIpc) is 3.01. The molecule has 3 rings (SSSR count). The Labute approximate surface area is 148 Å². The van der Waals surface area contributed by atoms with Gasteiger partial charge in [-0.3, -0.25) is 9.69 Å². The number of hydrogen-bond acceptors (Lipinski definition) is 4. The molecule has 0 bridgehead atoms. The molecule has 6 heteroatoms. The Kier molecular flexibility index (Phi) is 4.49. The Morgan fingerprint density at radius 1 is 1.20 bits per heavy atom. The topological polar surface area (TPSA) is 70.1 Å². The first-order valence-corrected chi connectivity index (χ1v) is 8.67. The highest BCUT2D eigenvalue weighted by Gasteiger charge is 2.58. The zero-order valence-corrected chi connectivity index (χ0v) is 15.1. The molecule has 1 N–H and O–H groups in total. The Balaban J connectivity index is 1.70. The van der Waals surface area contributed by atoms with Crippen molar-refractivity contribution in [2.75, 3.05) is 26.2 Å². The van der Waals surface area contributed by atoms with Crippen LogP contribution in [0.5, 0.6) is 0 Å². The van der Waals surface area contributed by atoms with Gasteiger partial charge in [0.1, 0.15) is 11.0 Å². The maximum Gasteiger partial charge on any atom is 0.410 e. The van der Waals surface area contributed by atoms with Crippen LogP contribution in [0, 0.1) is 11.3 Å². The third-order valence-electron chi connectivity index (χ3n) is 5.01. The van der Waals surface area contributed by atoms with E-state index in [2.05, 4.69) is 17.0 Å². The number of carboxylic acid groups (broad SMARTS) is 1. The van der Waals surface area contributed by atoms with Crippen LogP contribution < -0.4 is 0 Å². The standard InChI is InChI=1S/C19H26N2O4/c1-18(2,3)25-17(24)21-11-15-10-20(9-14-7-5-4-6-8-14)12-19(15,13-21)16(22)23/h4-8,15H,9-13H2,1-3H3,(H,22,23)/t15-,19+/m0/s1. The van der Waals surface area contributed by atoms with E-state index >= 15 is 0 Å². The number of fused-ring (bicyclic) bond motifs is 1. The van der Waals surface area contributed by atoms with Gasteiger partial charge in [0, 0.05) is 38.6 Å². The van der Waals surface area contributed by atoms with Crippen LogP contribution in [0.3, 0.4) is 0 Å². The Morgan fingerprint density at radius 3 is 2.44 bits per heavy atom. The molecule has 2 fully saturated rings. The second kappa shape index (κ2) is 6.33. The first-order chi connectivity index (χ1) is 11.7. The van der Waals surface area contributed by atoms with E-state index in [0.717, 1.165) is 6.54 Å². The molecule has 136 valence electrons. The number of carbonyl (C=O) groups is 2. The Morgan fingerprint density at radius 2 is 1.88 bits per heavy atom. The molecule has 6 nitrogen and oxygen atoms in total.